The number of anilines is 2. The van der Waals surface area contributed by atoms with Crippen LogP contribution in [0.4, 0.5) is 25.8 Å². The monoisotopic (exact) mass is 293 g/mol. The molecule has 3 N–H and O–H groups in total. The normalized spacial score (nSPS) is 10.2. The number of amides is 1. The van der Waals surface area contributed by atoms with Crippen LogP contribution in [-0.2, 0) is 0 Å². The second-order valence-electron chi connectivity index (χ2n) is 4.05. The molecule has 2 aromatic rings. The van der Waals surface area contributed by atoms with E-state index in [1.165, 1.54) is 18.2 Å². The summed E-state index contributed by atoms with van der Waals surface area (Å²) in [6, 6.07) is 7.26. The summed E-state index contributed by atoms with van der Waals surface area (Å²) in [6.07, 6.45) is 0. The van der Waals surface area contributed by atoms with Gasteiger partial charge in [-0.1, -0.05) is 12.1 Å². The first-order valence-corrected chi connectivity index (χ1v) is 5.70. The van der Waals surface area contributed by atoms with Gasteiger partial charge in [-0.25, -0.2) is 8.78 Å². The molecule has 6 nitrogen and oxygen atoms in total. The van der Waals surface area contributed by atoms with E-state index in [0.717, 1.165) is 6.07 Å². The van der Waals surface area contributed by atoms with Crippen LogP contribution in [0.15, 0.2) is 36.4 Å². The fourth-order valence-corrected chi connectivity index (χ4v) is 1.70. The average molecular weight is 293 g/mol. The summed E-state index contributed by atoms with van der Waals surface area (Å²) in [7, 11) is 0. The molecule has 108 valence electrons. The van der Waals surface area contributed by atoms with Gasteiger partial charge in [0, 0.05) is 11.8 Å². The third kappa shape index (κ3) is 2.78. The summed E-state index contributed by atoms with van der Waals surface area (Å²) in [5.41, 5.74) is 4.09. The molecular weight excluding hydrogens is 284 g/mol. The van der Waals surface area contributed by atoms with E-state index < -0.39 is 33.8 Å². The van der Waals surface area contributed by atoms with Crippen LogP contribution in [0.2, 0.25) is 0 Å². The van der Waals surface area contributed by atoms with Crippen molar-refractivity contribution in [3.05, 3.63) is 63.7 Å². The number of hydrogen-bond donors (Lipinski definition) is 2. The van der Waals surface area contributed by atoms with Gasteiger partial charge in [-0.2, -0.15) is 0 Å². The molecule has 0 aromatic heterocycles. The number of nitrogens with one attached hydrogen (secondary N) is 1. The van der Waals surface area contributed by atoms with E-state index in [9.17, 15) is 23.7 Å². The zero-order valence-corrected chi connectivity index (χ0v) is 10.5. The fourth-order valence-electron chi connectivity index (χ4n) is 1.70. The van der Waals surface area contributed by atoms with Crippen molar-refractivity contribution in [3.63, 3.8) is 0 Å². The lowest BCUT2D eigenvalue weighted by Crippen LogP contribution is -2.16. The summed E-state index contributed by atoms with van der Waals surface area (Å²) in [6.45, 7) is 0. The minimum absolute atomic E-state index is 0.00420. The Balaban J connectivity index is 2.44. The van der Waals surface area contributed by atoms with Crippen molar-refractivity contribution in [2.75, 3.05) is 11.1 Å². The second kappa shape index (κ2) is 5.53. The van der Waals surface area contributed by atoms with E-state index in [-0.39, 0.29) is 11.3 Å². The third-order valence-corrected chi connectivity index (χ3v) is 2.71. The number of nitrogen functional groups attached to an aromatic ring is 1. The highest BCUT2D eigenvalue weighted by Crippen LogP contribution is 2.29. The number of carbonyl (C=O) groups excluding carboxylic acids is 1. The molecule has 21 heavy (non-hydrogen) atoms. The largest absolute Gasteiger partial charge is 0.398 e. The molecule has 2 rings (SSSR count). The van der Waals surface area contributed by atoms with E-state index in [2.05, 4.69) is 0 Å². The van der Waals surface area contributed by atoms with Gasteiger partial charge >= 0.3 is 0 Å². The van der Waals surface area contributed by atoms with E-state index in [4.69, 9.17) is 5.73 Å². The molecular formula is C13H9F2N3O3. The Kier molecular flexibility index (Phi) is 3.79. The first-order chi connectivity index (χ1) is 9.91. The number of benzene rings is 2. The smallest absolute Gasteiger partial charge is 0.296 e. The van der Waals surface area contributed by atoms with Crippen LogP contribution in [0.3, 0.4) is 0 Å². The third-order valence-electron chi connectivity index (χ3n) is 2.71. The number of halogens is 2. The summed E-state index contributed by atoms with van der Waals surface area (Å²) in [5, 5.41) is 12.8. The SMILES string of the molecule is Nc1ccccc1C(=O)Nc1c([N+](=O)[O-])ccc(F)c1F. The zero-order chi connectivity index (χ0) is 15.6. The first-order valence-electron chi connectivity index (χ1n) is 5.70. The maximum absolute atomic E-state index is 13.7. The van der Waals surface area contributed by atoms with Crippen LogP contribution in [0, 0.1) is 21.7 Å². The minimum Gasteiger partial charge on any atom is -0.398 e. The average Bonchev–Trinajstić information content (AvgIpc) is 2.44. The quantitative estimate of drug-likeness (QED) is 0.516. The lowest BCUT2D eigenvalue weighted by atomic mass is 10.1. The molecule has 0 bridgehead atoms. The summed E-state index contributed by atoms with van der Waals surface area (Å²) >= 11 is 0. The molecule has 0 saturated carbocycles. The van der Waals surface area contributed by atoms with Gasteiger partial charge in [0.15, 0.2) is 17.3 Å². The fraction of sp³-hybridized carbons (Fsp3) is 0. The highest BCUT2D eigenvalue weighted by Gasteiger charge is 2.24. The standard InChI is InChI=1S/C13H9F2N3O3/c14-8-5-6-10(18(20)21)12(11(8)15)17-13(19)7-3-1-2-4-9(7)16/h1-6H,16H2,(H,17,19). The number of nitro benzene ring substituents is 1. The summed E-state index contributed by atoms with van der Waals surface area (Å²) < 4.78 is 26.9. The lowest BCUT2D eigenvalue weighted by Gasteiger charge is -2.09. The highest BCUT2D eigenvalue weighted by atomic mass is 19.2. The van der Waals surface area contributed by atoms with Crippen molar-refractivity contribution >= 4 is 23.0 Å². The van der Waals surface area contributed by atoms with Crippen molar-refractivity contribution in [1.29, 1.82) is 0 Å². The second-order valence-corrected chi connectivity index (χ2v) is 4.05. The van der Waals surface area contributed by atoms with Crippen LogP contribution in [0.5, 0.6) is 0 Å². The maximum Gasteiger partial charge on any atom is 0.296 e. The predicted molar refractivity (Wildman–Crippen MR) is 71.8 cm³/mol. The lowest BCUT2D eigenvalue weighted by molar-refractivity contribution is -0.384. The number of carbonyl (C=O) groups is 1. The molecule has 0 heterocycles. The Morgan fingerprint density at radius 2 is 1.86 bits per heavy atom. The van der Waals surface area contributed by atoms with Crippen LogP contribution in [-0.4, -0.2) is 10.8 Å². The van der Waals surface area contributed by atoms with Crippen molar-refractivity contribution in [3.8, 4) is 0 Å². The topological polar surface area (TPSA) is 98.3 Å². The molecule has 0 saturated heterocycles. The van der Waals surface area contributed by atoms with E-state index >= 15 is 0 Å². The molecule has 0 spiro atoms. The van der Waals surface area contributed by atoms with E-state index in [1.54, 1.807) is 6.07 Å². The Bertz CT molecular complexity index is 735. The van der Waals surface area contributed by atoms with Crippen LogP contribution >= 0.6 is 0 Å². The van der Waals surface area contributed by atoms with Gasteiger partial charge in [0.05, 0.1) is 10.5 Å². The molecule has 2 aromatic carbocycles. The van der Waals surface area contributed by atoms with Gasteiger partial charge in [0.1, 0.15) is 0 Å². The molecule has 0 radical (unpaired) electrons. The molecule has 8 heteroatoms. The van der Waals surface area contributed by atoms with Crippen molar-refractivity contribution in [2.24, 2.45) is 0 Å². The highest BCUT2D eigenvalue weighted by molar-refractivity contribution is 6.08. The predicted octanol–water partition coefficient (Wildman–Crippen LogP) is 2.71. The zero-order valence-electron chi connectivity index (χ0n) is 10.5. The maximum atomic E-state index is 13.7. The molecule has 0 aliphatic heterocycles. The van der Waals surface area contributed by atoms with Gasteiger partial charge < -0.3 is 11.1 Å². The van der Waals surface area contributed by atoms with Crippen LogP contribution in [0.1, 0.15) is 10.4 Å². The van der Waals surface area contributed by atoms with Crippen LogP contribution < -0.4 is 11.1 Å². The number of para-hydroxylation sites is 1. The molecule has 0 fully saturated rings. The van der Waals surface area contributed by atoms with E-state index in [1.807, 2.05) is 5.32 Å². The van der Waals surface area contributed by atoms with Crippen molar-refractivity contribution in [1.82, 2.24) is 0 Å². The summed E-state index contributed by atoms with van der Waals surface area (Å²) in [5.74, 6) is -3.69. The van der Waals surface area contributed by atoms with Crippen LogP contribution in [0.25, 0.3) is 0 Å². The molecule has 1 amide bonds. The van der Waals surface area contributed by atoms with Gasteiger partial charge in [-0.15, -0.1) is 0 Å². The number of hydrogen-bond acceptors (Lipinski definition) is 4. The Morgan fingerprint density at radius 3 is 2.48 bits per heavy atom. The van der Waals surface area contributed by atoms with Gasteiger partial charge in [0.2, 0.25) is 0 Å². The molecule has 0 unspecified atom stereocenters. The molecule has 0 aliphatic carbocycles. The Morgan fingerprint density at radius 1 is 1.19 bits per heavy atom. The molecule has 0 aliphatic rings. The number of nitrogens with zero attached hydrogens (tertiary/aromatic N) is 1. The Labute approximate surface area is 117 Å². The summed E-state index contributed by atoms with van der Waals surface area (Å²) in [4.78, 5) is 21.9. The van der Waals surface area contributed by atoms with Gasteiger partial charge in [-0.05, 0) is 18.2 Å². The van der Waals surface area contributed by atoms with Crippen molar-refractivity contribution in [2.45, 2.75) is 0 Å². The Hall–Kier alpha value is -3.03. The van der Waals surface area contributed by atoms with Gasteiger partial charge in [0.25, 0.3) is 11.6 Å². The van der Waals surface area contributed by atoms with E-state index in [0.29, 0.717) is 6.07 Å². The number of rotatable bonds is 3. The first kappa shape index (κ1) is 14.4. The van der Waals surface area contributed by atoms with Gasteiger partial charge in [-0.3, -0.25) is 14.9 Å². The number of nitro groups is 1. The minimum atomic E-state index is -1.51. The number of nitrogens with two attached hydrogens (primary N) is 1. The molecule has 0 atom stereocenters. The van der Waals surface area contributed by atoms with Crippen molar-refractivity contribution < 1.29 is 18.5 Å².